The zero-order valence-corrected chi connectivity index (χ0v) is 13.5. The highest BCUT2D eigenvalue weighted by Crippen LogP contribution is 2.16. The maximum absolute atomic E-state index is 12.4. The first-order valence-electron chi connectivity index (χ1n) is 6.38. The molecule has 0 aliphatic rings. The van der Waals surface area contributed by atoms with Crippen LogP contribution in [0.3, 0.4) is 0 Å². The lowest BCUT2D eigenvalue weighted by Gasteiger charge is -2.19. The monoisotopic (exact) mass is 330 g/mol. The van der Waals surface area contributed by atoms with Crippen LogP contribution in [0.4, 0.5) is 0 Å². The van der Waals surface area contributed by atoms with Crippen molar-refractivity contribution < 1.29 is 17.9 Å². The number of hydrogen-bond donors (Lipinski definition) is 1. The average molecular weight is 330 g/mol. The molecule has 6 nitrogen and oxygen atoms in total. The highest BCUT2D eigenvalue weighted by molar-refractivity contribution is 7.89. The third kappa shape index (κ3) is 4.48. The minimum atomic E-state index is -3.76. The minimum Gasteiger partial charge on any atom is -0.465 e. The zero-order valence-electron chi connectivity index (χ0n) is 11.9. The summed E-state index contributed by atoms with van der Waals surface area (Å²) in [6, 6.07) is 5.90. The van der Waals surface area contributed by atoms with E-state index in [1.807, 2.05) is 0 Å². The predicted molar refractivity (Wildman–Crippen MR) is 83.4 cm³/mol. The summed E-state index contributed by atoms with van der Waals surface area (Å²) in [4.78, 5) is 11.7. The van der Waals surface area contributed by atoms with Crippen molar-refractivity contribution in [2.24, 2.45) is 5.73 Å². The quantitative estimate of drug-likeness (QED) is 0.590. The van der Waals surface area contributed by atoms with E-state index in [2.05, 4.69) is 0 Å². The third-order valence-electron chi connectivity index (χ3n) is 2.74. The fourth-order valence-electron chi connectivity index (χ4n) is 1.66. The van der Waals surface area contributed by atoms with Crippen LogP contribution >= 0.6 is 12.2 Å². The van der Waals surface area contributed by atoms with Crippen molar-refractivity contribution in [3.63, 3.8) is 0 Å². The van der Waals surface area contributed by atoms with E-state index in [1.165, 1.54) is 24.3 Å². The largest absolute Gasteiger partial charge is 0.465 e. The van der Waals surface area contributed by atoms with Crippen LogP contribution in [-0.2, 0) is 19.6 Å². The van der Waals surface area contributed by atoms with Crippen molar-refractivity contribution in [2.45, 2.75) is 18.7 Å². The molecule has 0 radical (unpaired) electrons. The molecule has 0 aromatic heterocycles. The number of rotatable bonds is 7. The molecule has 0 spiro atoms. The maximum atomic E-state index is 12.4. The molecular formula is C13H18N2O4S2. The van der Waals surface area contributed by atoms with Gasteiger partial charge in [-0.3, -0.25) is 4.79 Å². The summed E-state index contributed by atoms with van der Waals surface area (Å²) < 4.78 is 30.7. The van der Waals surface area contributed by atoms with E-state index >= 15 is 0 Å². The summed E-state index contributed by atoms with van der Waals surface area (Å²) in [7, 11) is -3.76. The Morgan fingerprint density at radius 3 is 2.29 bits per heavy atom. The molecule has 0 aliphatic heterocycles. The summed E-state index contributed by atoms with van der Waals surface area (Å²) in [5.41, 5.74) is 6.05. The summed E-state index contributed by atoms with van der Waals surface area (Å²) in [6.07, 6.45) is 0. The average Bonchev–Trinajstić information content (AvgIpc) is 2.45. The van der Waals surface area contributed by atoms with Gasteiger partial charge in [0.25, 0.3) is 0 Å². The molecule has 1 rings (SSSR count). The molecule has 0 saturated carbocycles. The Morgan fingerprint density at radius 2 is 1.86 bits per heavy atom. The van der Waals surface area contributed by atoms with Gasteiger partial charge in [0.05, 0.1) is 11.5 Å². The van der Waals surface area contributed by atoms with Gasteiger partial charge in [0.15, 0.2) is 0 Å². The van der Waals surface area contributed by atoms with Crippen LogP contribution in [0.1, 0.15) is 19.4 Å². The van der Waals surface area contributed by atoms with Crippen molar-refractivity contribution in [1.82, 2.24) is 4.31 Å². The number of ether oxygens (including phenoxy) is 1. The molecule has 0 heterocycles. The summed E-state index contributed by atoms with van der Waals surface area (Å²) in [5.74, 6) is -0.581. The molecule has 0 bridgehead atoms. The van der Waals surface area contributed by atoms with E-state index in [-0.39, 0.29) is 29.6 Å². The Labute approximate surface area is 129 Å². The van der Waals surface area contributed by atoms with Crippen molar-refractivity contribution in [1.29, 1.82) is 0 Å². The van der Waals surface area contributed by atoms with Crippen LogP contribution < -0.4 is 5.73 Å². The first-order chi connectivity index (χ1) is 9.82. The second kappa shape index (κ2) is 7.48. The van der Waals surface area contributed by atoms with Gasteiger partial charge in [-0.2, -0.15) is 4.31 Å². The molecular weight excluding hydrogens is 312 g/mol. The Kier molecular flexibility index (Phi) is 6.25. The van der Waals surface area contributed by atoms with Crippen LogP contribution in [0.2, 0.25) is 0 Å². The number of hydrogen-bond acceptors (Lipinski definition) is 5. The first-order valence-corrected chi connectivity index (χ1v) is 8.23. The Morgan fingerprint density at radius 1 is 1.29 bits per heavy atom. The van der Waals surface area contributed by atoms with Crippen LogP contribution in [0.5, 0.6) is 0 Å². The second-order valence-electron chi connectivity index (χ2n) is 4.12. The molecule has 21 heavy (non-hydrogen) atoms. The summed E-state index contributed by atoms with van der Waals surface area (Å²) >= 11 is 4.82. The van der Waals surface area contributed by atoms with Crippen molar-refractivity contribution in [3.8, 4) is 0 Å². The summed E-state index contributed by atoms with van der Waals surface area (Å²) in [6.45, 7) is 3.37. The summed E-state index contributed by atoms with van der Waals surface area (Å²) in [5, 5.41) is 0. The molecule has 8 heteroatoms. The molecule has 0 atom stereocenters. The number of carbonyl (C=O) groups excluding carboxylic acids is 1. The van der Waals surface area contributed by atoms with Gasteiger partial charge in [0, 0.05) is 12.1 Å². The fraction of sp³-hybridized carbons (Fsp3) is 0.385. The highest BCUT2D eigenvalue weighted by atomic mass is 32.2. The predicted octanol–water partition coefficient (Wildman–Crippen LogP) is 0.894. The van der Waals surface area contributed by atoms with Gasteiger partial charge in [-0.05, 0) is 19.1 Å². The normalized spacial score (nSPS) is 11.4. The molecule has 116 valence electrons. The van der Waals surface area contributed by atoms with Gasteiger partial charge in [0.1, 0.15) is 11.5 Å². The number of esters is 1. The molecule has 2 N–H and O–H groups in total. The Hall–Kier alpha value is -1.51. The van der Waals surface area contributed by atoms with Crippen LogP contribution in [0.25, 0.3) is 0 Å². The van der Waals surface area contributed by atoms with E-state index in [4.69, 9.17) is 22.7 Å². The molecule has 0 saturated heterocycles. The van der Waals surface area contributed by atoms with Crippen LogP contribution in [-0.4, -0.2) is 43.4 Å². The number of sulfonamides is 1. The Balaban J connectivity index is 3.01. The SMILES string of the molecule is CCOC(=O)CN(CC)S(=O)(=O)c1ccc(C(N)=S)cc1. The molecule has 0 amide bonds. The molecule has 1 aromatic rings. The number of carbonyl (C=O) groups is 1. The zero-order chi connectivity index (χ0) is 16.0. The first kappa shape index (κ1) is 17.5. The van der Waals surface area contributed by atoms with E-state index in [0.29, 0.717) is 5.56 Å². The Bertz CT molecular complexity index is 612. The van der Waals surface area contributed by atoms with Crippen LogP contribution in [0.15, 0.2) is 29.2 Å². The molecule has 0 unspecified atom stereocenters. The van der Waals surface area contributed by atoms with Gasteiger partial charge >= 0.3 is 5.97 Å². The second-order valence-corrected chi connectivity index (χ2v) is 6.50. The van der Waals surface area contributed by atoms with Crippen molar-refractivity contribution >= 4 is 33.2 Å². The van der Waals surface area contributed by atoms with Crippen molar-refractivity contribution in [3.05, 3.63) is 29.8 Å². The van der Waals surface area contributed by atoms with Crippen molar-refractivity contribution in [2.75, 3.05) is 19.7 Å². The standard InChI is InChI=1S/C13H18N2O4S2/c1-3-15(9-12(16)19-4-2)21(17,18)11-7-5-10(6-8-11)13(14)20/h5-8H,3-4,9H2,1-2H3,(H2,14,20). The number of benzene rings is 1. The lowest BCUT2D eigenvalue weighted by Crippen LogP contribution is -2.36. The van der Waals surface area contributed by atoms with E-state index in [1.54, 1.807) is 13.8 Å². The van der Waals surface area contributed by atoms with E-state index < -0.39 is 16.0 Å². The lowest BCUT2D eigenvalue weighted by atomic mass is 10.2. The maximum Gasteiger partial charge on any atom is 0.321 e. The van der Waals surface area contributed by atoms with E-state index in [0.717, 1.165) is 4.31 Å². The lowest BCUT2D eigenvalue weighted by molar-refractivity contribution is -0.143. The van der Waals surface area contributed by atoms with Gasteiger partial charge in [-0.15, -0.1) is 0 Å². The fourth-order valence-corrected chi connectivity index (χ4v) is 3.19. The minimum absolute atomic E-state index is 0.0775. The molecule has 1 aromatic carbocycles. The van der Waals surface area contributed by atoms with Gasteiger partial charge in [0.2, 0.25) is 10.0 Å². The highest BCUT2D eigenvalue weighted by Gasteiger charge is 2.25. The van der Waals surface area contributed by atoms with Gasteiger partial charge in [-0.25, -0.2) is 8.42 Å². The topological polar surface area (TPSA) is 89.7 Å². The van der Waals surface area contributed by atoms with Crippen LogP contribution in [0, 0.1) is 0 Å². The molecule has 0 aliphatic carbocycles. The number of likely N-dealkylation sites (N-methyl/N-ethyl adjacent to an activating group) is 1. The van der Waals surface area contributed by atoms with Gasteiger partial charge in [-0.1, -0.05) is 31.3 Å². The number of nitrogens with zero attached hydrogens (tertiary/aromatic N) is 1. The van der Waals surface area contributed by atoms with Gasteiger partial charge < -0.3 is 10.5 Å². The number of thiocarbonyl (C=S) groups is 1. The smallest absolute Gasteiger partial charge is 0.321 e. The third-order valence-corrected chi connectivity index (χ3v) is 4.91. The number of nitrogens with two attached hydrogens (primary N) is 1. The van der Waals surface area contributed by atoms with E-state index in [9.17, 15) is 13.2 Å². The molecule has 0 fully saturated rings.